The van der Waals surface area contributed by atoms with Crippen molar-refractivity contribution in [2.75, 3.05) is 14.1 Å². The van der Waals surface area contributed by atoms with Crippen LogP contribution in [-0.4, -0.2) is 57.5 Å². The highest BCUT2D eigenvalue weighted by atomic mass is 32.1. The highest BCUT2D eigenvalue weighted by molar-refractivity contribution is 7.23. The van der Waals surface area contributed by atoms with E-state index in [1.807, 2.05) is 12.1 Å². The van der Waals surface area contributed by atoms with E-state index in [4.69, 9.17) is 14.7 Å². The maximum Gasteiger partial charge on any atom is 0.271 e. The molecule has 43 heavy (non-hydrogen) atoms. The standard InChI is InChI=1S/C30H24N6O5S2/c1-14-16(26(37)35(3)28(39)18(14)12-31)10-20-33-24-22(42-20)23-25(41-30(24)8-6-5-7-9-30)34-21(43-23)11-17-15(2)19(13-32)29(40)36(4)27(17)38/h10-11H,5-9H2,1-4H3/b16-10-,17-11-. The average molecular weight is 613 g/mol. The van der Waals surface area contributed by atoms with Crippen molar-refractivity contribution in [1.29, 1.82) is 10.5 Å². The molecule has 0 N–H and O–H groups in total. The smallest absolute Gasteiger partial charge is 0.271 e. The number of imide groups is 2. The normalized spacial score (nSPS) is 21.8. The lowest BCUT2D eigenvalue weighted by molar-refractivity contribution is -0.140. The number of aromatic nitrogens is 2. The summed E-state index contributed by atoms with van der Waals surface area (Å²) in [7, 11) is 2.69. The van der Waals surface area contributed by atoms with Crippen molar-refractivity contribution in [2.45, 2.75) is 51.6 Å². The predicted octanol–water partition coefficient (Wildman–Crippen LogP) is 4.26. The summed E-state index contributed by atoms with van der Waals surface area (Å²) in [6.07, 6.45) is 7.62. The Morgan fingerprint density at radius 3 is 1.77 bits per heavy atom. The van der Waals surface area contributed by atoms with E-state index in [0.29, 0.717) is 27.0 Å². The zero-order chi connectivity index (χ0) is 30.8. The first-order valence-corrected chi connectivity index (χ1v) is 15.2. The molecule has 3 aliphatic heterocycles. The van der Waals surface area contributed by atoms with E-state index in [1.54, 1.807) is 26.0 Å². The lowest BCUT2D eigenvalue weighted by atomic mass is 9.80. The minimum Gasteiger partial charge on any atom is -0.463 e. The first-order valence-electron chi connectivity index (χ1n) is 13.5. The second-order valence-corrected chi connectivity index (χ2v) is 12.8. The van der Waals surface area contributed by atoms with Crippen LogP contribution >= 0.6 is 22.7 Å². The zero-order valence-corrected chi connectivity index (χ0v) is 25.4. The molecule has 1 saturated carbocycles. The average Bonchev–Trinajstić information content (AvgIpc) is 3.61. The van der Waals surface area contributed by atoms with Gasteiger partial charge in [0.05, 0.1) is 4.88 Å². The van der Waals surface area contributed by atoms with Crippen LogP contribution in [0.5, 0.6) is 5.88 Å². The summed E-state index contributed by atoms with van der Waals surface area (Å²) in [4.78, 5) is 63.9. The van der Waals surface area contributed by atoms with Gasteiger partial charge in [-0.2, -0.15) is 10.5 Å². The lowest BCUT2D eigenvalue weighted by Crippen LogP contribution is -2.39. The fraction of sp³-hybridized carbons (Fsp3) is 0.333. The maximum atomic E-state index is 13.0. The molecule has 4 aliphatic rings. The summed E-state index contributed by atoms with van der Waals surface area (Å²) in [6.45, 7) is 3.15. The van der Waals surface area contributed by atoms with Gasteiger partial charge in [-0.05, 0) is 62.8 Å². The molecule has 5 heterocycles. The van der Waals surface area contributed by atoms with Crippen molar-refractivity contribution >= 4 is 58.5 Å². The Bertz CT molecular complexity index is 1890. The van der Waals surface area contributed by atoms with Crippen LogP contribution < -0.4 is 4.74 Å². The quantitative estimate of drug-likeness (QED) is 0.357. The van der Waals surface area contributed by atoms with Crippen LogP contribution in [0.25, 0.3) is 21.9 Å². The molecule has 11 nitrogen and oxygen atoms in total. The Balaban J connectivity index is 1.49. The van der Waals surface area contributed by atoms with Crippen LogP contribution in [0.2, 0.25) is 0 Å². The van der Waals surface area contributed by atoms with E-state index in [1.165, 1.54) is 36.8 Å². The van der Waals surface area contributed by atoms with E-state index in [2.05, 4.69) is 0 Å². The number of nitriles is 2. The fourth-order valence-electron chi connectivity index (χ4n) is 5.79. The molecule has 0 radical (unpaired) electrons. The van der Waals surface area contributed by atoms with Crippen molar-refractivity contribution in [3.8, 4) is 27.8 Å². The van der Waals surface area contributed by atoms with E-state index >= 15 is 0 Å². The number of carbonyl (C=O) groups excluding carboxylic acids is 4. The molecule has 1 spiro atoms. The molecule has 0 bridgehead atoms. The van der Waals surface area contributed by atoms with Gasteiger partial charge in [-0.3, -0.25) is 29.0 Å². The molecule has 0 saturated heterocycles. The largest absolute Gasteiger partial charge is 0.463 e. The number of likely N-dealkylation sites (N-methyl/N-ethyl adjacent to an activating group) is 2. The summed E-state index contributed by atoms with van der Waals surface area (Å²) < 4.78 is 6.61. The van der Waals surface area contributed by atoms with Gasteiger partial charge >= 0.3 is 0 Å². The van der Waals surface area contributed by atoms with Gasteiger partial charge in [0.2, 0.25) is 5.88 Å². The van der Waals surface area contributed by atoms with Crippen LogP contribution in [0.1, 0.15) is 61.7 Å². The molecule has 6 rings (SSSR count). The molecule has 4 amide bonds. The van der Waals surface area contributed by atoms with Crippen LogP contribution in [0, 0.1) is 22.7 Å². The number of thiazole rings is 2. The second-order valence-electron chi connectivity index (χ2n) is 10.8. The zero-order valence-electron chi connectivity index (χ0n) is 23.7. The van der Waals surface area contributed by atoms with Crippen LogP contribution in [0.4, 0.5) is 0 Å². The van der Waals surface area contributed by atoms with Gasteiger partial charge in [-0.15, -0.1) is 22.7 Å². The highest BCUT2D eigenvalue weighted by Gasteiger charge is 2.46. The molecule has 1 aliphatic carbocycles. The molecule has 2 aromatic heterocycles. The number of rotatable bonds is 2. The molecule has 0 aromatic carbocycles. The van der Waals surface area contributed by atoms with Crippen LogP contribution in [0.15, 0.2) is 33.4 Å². The third-order valence-electron chi connectivity index (χ3n) is 8.27. The Kier molecular flexibility index (Phi) is 6.75. The summed E-state index contributed by atoms with van der Waals surface area (Å²) >= 11 is 2.67. The number of ether oxygens (including phenoxy) is 1. The third-order valence-corrected chi connectivity index (χ3v) is 10.4. The number of nitrogens with zero attached hydrogens (tertiary/aromatic N) is 6. The Morgan fingerprint density at radius 1 is 0.767 bits per heavy atom. The molecule has 1 fully saturated rings. The third kappa shape index (κ3) is 4.27. The molecular weight excluding hydrogens is 589 g/mol. The van der Waals surface area contributed by atoms with Gasteiger partial charge in [0.15, 0.2) is 5.60 Å². The van der Waals surface area contributed by atoms with Gasteiger partial charge in [0.25, 0.3) is 23.6 Å². The van der Waals surface area contributed by atoms with E-state index in [9.17, 15) is 29.7 Å². The summed E-state index contributed by atoms with van der Waals surface area (Å²) in [6, 6.07) is 3.81. The van der Waals surface area contributed by atoms with Crippen molar-refractivity contribution < 1.29 is 23.9 Å². The topological polar surface area (TPSA) is 157 Å². The summed E-state index contributed by atoms with van der Waals surface area (Å²) in [5.41, 5.74) is 0.912. The monoisotopic (exact) mass is 612 g/mol. The first-order chi connectivity index (χ1) is 20.5. The molecule has 2 aromatic rings. The number of amides is 4. The van der Waals surface area contributed by atoms with Crippen molar-refractivity contribution in [3.63, 3.8) is 0 Å². The summed E-state index contributed by atoms with van der Waals surface area (Å²) in [5, 5.41) is 20.1. The SMILES string of the molecule is CC1=C(C#N)C(=O)N(C)C(=O)/C1=C\c1nc2c(s1)-c1sc(/C=C3\C(=O)N(C)C(=O)C(C#N)=C3C)nc1C1(CCCCC1)O2. The van der Waals surface area contributed by atoms with E-state index in [-0.39, 0.29) is 22.3 Å². The van der Waals surface area contributed by atoms with Crippen molar-refractivity contribution in [2.24, 2.45) is 0 Å². The second kappa shape index (κ2) is 10.2. The van der Waals surface area contributed by atoms with E-state index < -0.39 is 29.2 Å². The first kappa shape index (κ1) is 28.4. The molecule has 0 unspecified atom stereocenters. The highest BCUT2D eigenvalue weighted by Crippen LogP contribution is 2.55. The Labute approximate surface area is 254 Å². The predicted molar refractivity (Wildman–Crippen MR) is 157 cm³/mol. The molecule has 216 valence electrons. The maximum absolute atomic E-state index is 13.0. The van der Waals surface area contributed by atoms with Crippen molar-refractivity contribution in [3.05, 3.63) is 49.1 Å². The summed E-state index contributed by atoms with van der Waals surface area (Å²) in [5.74, 6) is -1.88. The van der Waals surface area contributed by atoms with Crippen LogP contribution in [0.3, 0.4) is 0 Å². The van der Waals surface area contributed by atoms with Gasteiger partial charge in [-0.25, -0.2) is 9.97 Å². The Morgan fingerprint density at radius 2 is 1.26 bits per heavy atom. The van der Waals surface area contributed by atoms with Gasteiger partial charge in [-0.1, -0.05) is 6.42 Å². The number of carbonyl (C=O) groups is 4. The molecule has 0 atom stereocenters. The van der Waals surface area contributed by atoms with Gasteiger partial charge in [0, 0.05) is 25.2 Å². The van der Waals surface area contributed by atoms with Gasteiger partial charge in [0.1, 0.15) is 43.9 Å². The molecular formula is C30H24N6O5S2. The molecule has 13 heteroatoms. The Hall–Kier alpha value is -4.72. The van der Waals surface area contributed by atoms with Gasteiger partial charge < -0.3 is 4.74 Å². The number of hydrogen-bond donors (Lipinski definition) is 0. The fourth-order valence-corrected chi connectivity index (χ4v) is 7.95. The van der Waals surface area contributed by atoms with Crippen molar-refractivity contribution in [1.82, 2.24) is 19.8 Å². The minimum atomic E-state index is -0.699. The van der Waals surface area contributed by atoms with Crippen LogP contribution in [-0.2, 0) is 24.8 Å². The number of hydrogen-bond acceptors (Lipinski definition) is 11. The minimum absolute atomic E-state index is 0.0855. The van der Waals surface area contributed by atoms with E-state index in [0.717, 1.165) is 57.4 Å². The lowest BCUT2D eigenvalue weighted by Gasteiger charge is -2.38. The number of fused-ring (bicyclic) bond motifs is 4.